The minimum atomic E-state index is -0.730. The van der Waals surface area contributed by atoms with Gasteiger partial charge in [0.1, 0.15) is 12.6 Å². The van der Waals surface area contributed by atoms with E-state index in [1.54, 1.807) is 13.1 Å². The first-order valence-electron chi connectivity index (χ1n) is 15.1. The normalized spacial score (nSPS) is 15.3. The average molecular weight is 593 g/mol. The molecule has 0 radical (unpaired) electrons. The highest BCUT2D eigenvalue weighted by Gasteiger charge is 2.31. The van der Waals surface area contributed by atoms with Gasteiger partial charge in [0.2, 0.25) is 17.4 Å². The summed E-state index contributed by atoms with van der Waals surface area (Å²) in [4.78, 5) is 54.9. The number of carbonyl (C=O) groups excluding carboxylic acids is 3. The molecule has 0 bridgehead atoms. The molecule has 9 heteroatoms. The SMILES string of the molecule is CNC(=O)[C@@H](CC1CCN(C(=O)Cc2ccc3[nH]c(=O)ccc3c2)CC1)NC(=O)OCC1c2ccccc2-c2ccccc21. The summed E-state index contributed by atoms with van der Waals surface area (Å²) in [6, 6.07) is 24.4. The van der Waals surface area contributed by atoms with Gasteiger partial charge in [-0.05, 0) is 76.6 Å². The molecule has 44 heavy (non-hydrogen) atoms. The van der Waals surface area contributed by atoms with Crippen molar-refractivity contribution < 1.29 is 19.1 Å². The summed E-state index contributed by atoms with van der Waals surface area (Å²) in [7, 11) is 1.56. The molecule has 1 aliphatic heterocycles. The fourth-order valence-corrected chi connectivity index (χ4v) is 6.54. The Hall–Kier alpha value is -4.92. The van der Waals surface area contributed by atoms with E-state index in [-0.39, 0.29) is 42.2 Å². The zero-order chi connectivity index (χ0) is 30.6. The van der Waals surface area contributed by atoms with E-state index < -0.39 is 12.1 Å². The van der Waals surface area contributed by atoms with E-state index >= 15 is 0 Å². The maximum atomic E-state index is 13.1. The highest BCUT2D eigenvalue weighted by atomic mass is 16.5. The first-order chi connectivity index (χ1) is 21.4. The van der Waals surface area contributed by atoms with Crippen LogP contribution in [-0.4, -0.2) is 60.6 Å². The summed E-state index contributed by atoms with van der Waals surface area (Å²) < 4.78 is 5.69. The zero-order valence-corrected chi connectivity index (χ0v) is 24.7. The van der Waals surface area contributed by atoms with Crippen LogP contribution in [0.5, 0.6) is 0 Å². The van der Waals surface area contributed by atoms with Gasteiger partial charge in [-0.3, -0.25) is 14.4 Å². The molecule has 2 aliphatic rings. The first kappa shape index (κ1) is 29.2. The number of fused-ring (bicyclic) bond motifs is 4. The molecular weight excluding hydrogens is 556 g/mol. The van der Waals surface area contributed by atoms with E-state index in [4.69, 9.17) is 4.74 Å². The number of hydrogen-bond acceptors (Lipinski definition) is 5. The Bertz CT molecular complexity index is 1710. The molecule has 6 rings (SSSR count). The quantitative estimate of drug-likeness (QED) is 0.281. The third kappa shape index (κ3) is 6.22. The maximum Gasteiger partial charge on any atom is 0.407 e. The Kier molecular flexibility index (Phi) is 8.45. The molecule has 1 fully saturated rings. The van der Waals surface area contributed by atoms with E-state index in [0.29, 0.717) is 19.5 Å². The number of alkyl carbamates (subject to hydrolysis) is 1. The van der Waals surface area contributed by atoms with Gasteiger partial charge in [0.25, 0.3) is 0 Å². The van der Waals surface area contributed by atoms with Crippen molar-refractivity contribution in [3.63, 3.8) is 0 Å². The van der Waals surface area contributed by atoms with Gasteiger partial charge < -0.3 is 25.3 Å². The van der Waals surface area contributed by atoms with Gasteiger partial charge in [-0.2, -0.15) is 0 Å². The molecule has 3 amide bonds. The molecule has 0 saturated carbocycles. The van der Waals surface area contributed by atoms with E-state index in [1.807, 2.05) is 47.4 Å². The number of likely N-dealkylation sites (N-methyl/N-ethyl adjacent to an activating group) is 1. The summed E-state index contributed by atoms with van der Waals surface area (Å²) in [6.07, 6.45) is 1.61. The number of ether oxygens (including phenoxy) is 1. The van der Waals surface area contributed by atoms with Gasteiger partial charge >= 0.3 is 6.09 Å². The minimum Gasteiger partial charge on any atom is -0.449 e. The number of rotatable bonds is 8. The maximum absolute atomic E-state index is 13.1. The number of amides is 3. The fraction of sp³-hybridized carbons (Fsp3) is 0.314. The third-order valence-corrected chi connectivity index (χ3v) is 8.88. The van der Waals surface area contributed by atoms with Crippen molar-refractivity contribution in [2.75, 3.05) is 26.7 Å². The van der Waals surface area contributed by atoms with E-state index in [0.717, 1.165) is 51.6 Å². The van der Waals surface area contributed by atoms with Gasteiger partial charge in [-0.25, -0.2) is 4.79 Å². The number of benzene rings is 3. The number of nitrogens with one attached hydrogen (secondary N) is 3. The number of likely N-dealkylation sites (tertiary alicyclic amines) is 1. The molecule has 1 saturated heterocycles. The number of aromatic amines is 1. The number of pyridine rings is 1. The Morgan fingerprint density at radius 1 is 0.932 bits per heavy atom. The number of hydrogen-bond donors (Lipinski definition) is 3. The second kappa shape index (κ2) is 12.8. The highest BCUT2D eigenvalue weighted by molar-refractivity contribution is 5.86. The molecule has 3 aromatic carbocycles. The number of nitrogens with zero attached hydrogens (tertiary/aromatic N) is 1. The van der Waals surface area contributed by atoms with Crippen LogP contribution in [-0.2, 0) is 20.7 Å². The second-order valence-electron chi connectivity index (χ2n) is 11.6. The standard InChI is InChI=1S/C35H36N4O5/c1-36-34(42)31(38-35(43)44-21-29-27-8-4-2-6-25(27)26-7-3-5-9-28(26)29)19-22-14-16-39(17-15-22)33(41)20-23-10-12-30-24(18-23)11-13-32(40)37-30/h2-13,18,22,29,31H,14-17,19-21H2,1H3,(H,36,42)(H,37,40)(H,38,43)/t31-/m1/s1. The number of H-pyrrole nitrogens is 1. The van der Waals surface area contributed by atoms with Gasteiger partial charge in [-0.1, -0.05) is 54.6 Å². The topological polar surface area (TPSA) is 121 Å². The largest absolute Gasteiger partial charge is 0.449 e. The molecule has 226 valence electrons. The van der Waals surface area contributed by atoms with Crippen LogP contribution in [0.4, 0.5) is 4.79 Å². The number of carbonyl (C=O) groups is 3. The van der Waals surface area contributed by atoms with Crippen molar-refractivity contribution in [2.24, 2.45) is 5.92 Å². The van der Waals surface area contributed by atoms with Crippen LogP contribution in [0, 0.1) is 5.92 Å². The Balaban J connectivity index is 1.01. The van der Waals surface area contributed by atoms with Crippen LogP contribution in [0.2, 0.25) is 0 Å². The molecule has 1 aromatic heterocycles. The smallest absolute Gasteiger partial charge is 0.407 e. The predicted molar refractivity (Wildman–Crippen MR) is 168 cm³/mol. The summed E-state index contributed by atoms with van der Waals surface area (Å²) >= 11 is 0. The van der Waals surface area contributed by atoms with Crippen LogP contribution in [0.1, 0.15) is 41.9 Å². The summed E-state index contributed by atoms with van der Waals surface area (Å²) in [5.74, 6) is -0.110. The summed E-state index contributed by atoms with van der Waals surface area (Å²) in [6.45, 7) is 1.36. The first-order valence-corrected chi connectivity index (χ1v) is 15.1. The van der Waals surface area contributed by atoms with Crippen molar-refractivity contribution in [1.29, 1.82) is 0 Å². The van der Waals surface area contributed by atoms with E-state index in [1.165, 1.54) is 6.07 Å². The van der Waals surface area contributed by atoms with Crippen LogP contribution >= 0.6 is 0 Å². The van der Waals surface area contributed by atoms with E-state index in [9.17, 15) is 19.2 Å². The van der Waals surface area contributed by atoms with Gasteiger partial charge in [0.05, 0.1) is 6.42 Å². The number of aromatic nitrogens is 1. The summed E-state index contributed by atoms with van der Waals surface area (Å²) in [5, 5.41) is 6.34. The molecule has 2 heterocycles. The lowest BCUT2D eigenvalue weighted by atomic mass is 9.89. The van der Waals surface area contributed by atoms with Crippen LogP contribution in [0.15, 0.2) is 83.7 Å². The Morgan fingerprint density at radius 3 is 2.30 bits per heavy atom. The zero-order valence-electron chi connectivity index (χ0n) is 24.7. The van der Waals surface area contributed by atoms with Crippen LogP contribution < -0.4 is 16.2 Å². The van der Waals surface area contributed by atoms with Gasteiger partial charge in [0.15, 0.2) is 0 Å². The van der Waals surface area contributed by atoms with Crippen molar-refractivity contribution in [1.82, 2.24) is 20.5 Å². The lowest BCUT2D eigenvalue weighted by Crippen LogP contribution is -2.48. The lowest BCUT2D eigenvalue weighted by molar-refractivity contribution is -0.132. The fourth-order valence-electron chi connectivity index (χ4n) is 6.54. The molecule has 0 spiro atoms. The van der Waals surface area contributed by atoms with Crippen LogP contribution in [0.3, 0.4) is 0 Å². The molecule has 1 atom stereocenters. The Labute approximate surface area is 255 Å². The average Bonchev–Trinajstić information content (AvgIpc) is 3.37. The van der Waals surface area contributed by atoms with Crippen LogP contribution in [0.25, 0.3) is 22.0 Å². The molecule has 0 unspecified atom stereocenters. The van der Waals surface area contributed by atoms with Gasteiger partial charge in [-0.15, -0.1) is 0 Å². The highest BCUT2D eigenvalue weighted by Crippen LogP contribution is 2.44. The molecule has 3 N–H and O–H groups in total. The monoisotopic (exact) mass is 592 g/mol. The molecular formula is C35H36N4O5. The second-order valence-corrected chi connectivity index (χ2v) is 11.6. The third-order valence-electron chi connectivity index (χ3n) is 8.88. The molecule has 1 aliphatic carbocycles. The lowest BCUT2D eigenvalue weighted by Gasteiger charge is -2.33. The summed E-state index contributed by atoms with van der Waals surface area (Å²) in [5.41, 5.74) is 6.04. The van der Waals surface area contributed by atoms with Crippen molar-refractivity contribution in [3.8, 4) is 11.1 Å². The van der Waals surface area contributed by atoms with Crippen molar-refractivity contribution in [3.05, 3.63) is 106 Å². The van der Waals surface area contributed by atoms with Gasteiger partial charge in [0, 0.05) is 37.6 Å². The Morgan fingerprint density at radius 2 is 1.61 bits per heavy atom. The number of piperidine rings is 1. The minimum absolute atomic E-state index is 0.0480. The van der Waals surface area contributed by atoms with E-state index in [2.05, 4.69) is 39.9 Å². The molecule has 4 aromatic rings. The molecule has 9 nitrogen and oxygen atoms in total. The van der Waals surface area contributed by atoms with Crippen molar-refractivity contribution >= 4 is 28.8 Å². The van der Waals surface area contributed by atoms with Crippen molar-refractivity contribution in [2.45, 2.75) is 37.6 Å². The predicted octanol–water partition coefficient (Wildman–Crippen LogP) is 4.35.